The summed E-state index contributed by atoms with van der Waals surface area (Å²) in [7, 11) is 0. The van der Waals surface area contributed by atoms with Gasteiger partial charge in [-0.15, -0.1) is 5.10 Å². The third-order valence-corrected chi connectivity index (χ3v) is 4.47. The zero-order valence-corrected chi connectivity index (χ0v) is 14.5. The molecule has 1 aromatic heterocycles. The predicted molar refractivity (Wildman–Crippen MR) is 97.5 cm³/mol. The lowest BCUT2D eigenvalue weighted by atomic mass is 10.1. The lowest BCUT2D eigenvalue weighted by Crippen LogP contribution is -2.23. The number of anilines is 1. The molecule has 2 aromatic carbocycles. The van der Waals surface area contributed by atoms with Crippen LogP contribution in [0, 0.1) is 18.3 Å². The van der Waals surface area contributed by atoms with Crippen LogP contribution in [0.25, 0.3) is 0 Å². The minimum Gasteiger partial charge on any atom is -0.350 e. The zero-order chi connectivity index (χ0) is 17.9. The fourth-order valence-corrected chi connectivity index (χ4v) is 3.15. The Balaban J connectivity index is 1.53. The van der Waals surface area contributed by atoms with Gasteiger partial charge in [-0.3, -0.25) is 0 Å². The van der Waals surface area contributed by atoms with E-state index in [9.17, 15) is 0 Å². The summed E-state index contributed by atoms with van der Waals surface area (Å²) in [6.07, 6.45) is 1.69. The second kappa shape index (κ2) is 6.98. The number of aryl methyl sites for hydroxylation is 1. The fraction of sp³-hybridized carbons (Fsp3) is 0.250. The van der Waals surface area contributed by atoms with Crippen LogP contribution in [0.5, 0.6) is 0 Å². The fourth-order valence-electron chi connectivity index (χ4n) is 3.15. The molecule has 0 unspecified atom stereocenters. The molecule has 1 saturated heterocycles. The zero-order valence-electron chi connectivity index (χ0n) is 14.5. The molecule has 0 bridgehead atoms. The Morgan fingerprint density at radius 3 is 2.88 bits per heavy atom. The van der Waals surface area contributed by atoms with Gasteiger partial charge in [-0.1, -0.05) is 35.0 Å². The average Bonchev–Trinajstić information content (AvgIpc) is 3.32. The number of nitrogens with zero attached hydrogens (tertiary/aromatic N) is 5. The maximum absolute atomic E-state index is 9.02. The van der Waals surface area contributed by atoms with Crippen molar-refractivity contribution in [2.45, 2.75) is 19.7 Å². The maximum atomic E-state index is 9.02. The van der Waals surface area contributed by atoms with Crippen molar-refractivity contribution in [1.82, 2.24) is 15.0 Å². The molecule has 26 heavy (non-hydrogen) atoms. The van der Waals surface area contributed by atoms with Crippen LogP contribution in [0.1, 0.15) is 28.6 Å². The smallest absolute Gasteiger partial charge is 0.177 e. The van der Waals surface area contributed by atoms with E-state index in [1.807, 2.05) is 24.4 Å². The van der Waals surface area contributed by atoms with Crippen molar-refractivity contribution in [2.24, 2.45) is 0 Å². The van der Waals surface area contributed by atoms with Crippen molar-refractivity contribution in [1.29, 1.82) is 5.26 Å². The lowest BCUT2D eigenvalue weighted by molar-refractivity contribution is 0.110. The van der Waals surface area contributed by atoms with E-state index in [1.165, 1.54) is 5.56 Å². The first-order valence-corrected chi connectivity index (χ1v) is 8.57. The highest BCUT2D eigenvalue weighted by atomic mass is 16.5. The molecule has 2 heterocycles. The van der Waals surface area contributed by atoms with Gasteiger partial charge in [0, 0.05) is 12.2 Å². The van der Waals surface area contributed by atoms with E-state index >= 15 is 0 Å². The molecule has 1 atom stereocenters. The molecule has 0 saturated carbocycles. The van der Waals surface area contributed by atoms with Crippen LogP contribution in [0.15, 0.2) is 54.7 Å². The van der Waals surface area contributed by atoms with Crippen LogP contribution >= 0.6 is 0 Å². The van der Waals surface area contributed by atoms with E-state index in [2.05, 4.69) is 52.5 Å². The van der Waals surface area contributed by atoms with Gasteiger partial charge in [-0.25, -0.2) is 4.68 Å². The van der Waals surface area contributed by atoms with Gasteiger partial charge in [0.2, 0.25) is 0 Å². The molecule has 0 N–H and O–H groups in total. The largest absolute Gasteiger partial charge is 0.350 e. The Labute approximate surface area is 152 Å². The van der Waals surface area contributed by atoms with Gasteiger partial charge in [0.05, 0.1) is 31.0 Å². The first-order valence-electron chi connectivity index (χ1n) is 8.57. The molecule has 0 spiro atoms. The van der Waals surface area contributed by atoms with Crippen molar-refractivity contribution in [3.8, 4) is 6.07 Å². The topological polar surface area (TPSA) is 67.0 Å². The van der Waals surface area contributed by atoms with Crippen molar-refractivity contribution >= 4 is 5.69 Å². The van der Waals surface area contributed by atoms with Crippen molar-refractivity contribution in [3.63, 3.8) is 0 Å². The van der Waals surface area contributed by atoms with Gasteiger partial charge in [-0.05, 0) is 36.8 Å². The van der Waals surface area contributed by atoms with Crippen LogP contribution in [-0.4, -0.2) is 28.1 Å². The molecule has 0 aliphatic carbocycles. The third kappa shape index (κ3) is 3.30. The Morgan fingerprint density at radius 1 is 1.23 bits per heavy atom. The molecule has 6 heteroatoms. The third-order valence-electron chi connectivity index (χ3n) is 4.47. The van der Waals surface area contributed by atoms with Crippen LogP contribution in [0.4, 0.5) is 5.69 Å². The number of benzene rings is 2. The van der Waals surface area contributed by atoms with Crippen molar-refractivity contribution < 1.29 is 4.74 Å². The number of rotatable bonds is 4. The number of nitriles is 1. The normalized spacial score (nSPS) is 16.6. The number of hydrogen-bond donors (Lipinski definition) is 0. The van der Waals surface area contributed by atoms with Gasteiger partial charge in [-0.2, -0.15) is 5.26 Å². The Hall–Kier alpha value is -3.17. The second-order valence-corrected chi connectivity index (χ2v) is 6.41. The van der Waals surface area contributed by atoms with E-state index in [0.717, 1.165) is 23.5 Å². The number of aromatic nitrogens is 3. The van der Waals surface area contributed by atoms with Crippen LogP contribution in [-0.2, 0) is 11.3 Å². The summed E-state index contributed by atoms with van der Waals surface area (Å²) >= 11 is 0. The molecular formula is C20H19N5O. The molecule has 4 rings (SSSR count). The van der Waals surface area contributed by atoms with E-state index < -0.39 is 0 Å². The molecule has 0 radical (unpaired) electrons. The minimum atomic E-state index is -0.225. The van der Waals surface area contributed by atoms with E-state index in [-0.39, 0.29) is 6.23 Å². The van der Waals surface area contributed by atoms with Gasteiger partial charge < -0.3 is 9.64 Å². The van der Waals surface area contributed by atoms with E-state index in [1.54, 1.807) is 10.7 Å². The Kier molecular flexibility index (Phi) is 4.38. The Morgan fingerprint density at radius 2 is 2.08 bits per heavy atom. The summed E-state index contributed by atoms with van der Waals surface area (Å²) < 4.78 is 7.68. The SMILES string of the molecule is Cc1ccc(N2CCO[C@@H]2c2cn(Cc3cccc(C#N)c3)nn2)cc1. The minimum absolute atomic E-state index is 0.225. The summed E-state index contributed by atoms with van der Waals surface area (Å²) in [6, 6.07) is 18.1. The summed E-state index contributed by atoms with van der Waals surface area (Å²) in [5, 5.41) is 17.6. The molecule has 0 amide bonds. The number of ether oxygens (including phenoxy) is 1. The van der Waals surface area contributed by atoms with Gasteiger partial charge in [0.1, 0.15) is 5.69 Å². The predicted octanol–water partition coefficient (Wildman–Crippen LogP) is 3.04. The van der Waals surface area contributed by atoms with Crippen LogP contribution in [0.3, 0.4) is 0 Å². The lowest BCUT2D eigenvalue weighted by Gasteiger charge is -2.23. The Bertz CT molecular complexity index is 941. The average molecular weight is 345 g/mol. The van der Waals surface area contributed by atoms with Crippen LogP contribution < -0.4 is 4.90 Å². The highest BCUT2D eigenvalue weighted by molar-refractivity contribution is 5.49. The molecule has 1 fully saturated rings. The number of hydrogen-bond acceptors (Lipinski definition) is 5. The summed E-state index contributed by atoms with van der Waals surface area (Å²) in [5.74, 6) is 0. The molecule has 1 aliphatic rings. The quantitative estimate of drug-likeness (QED) is 0.727. The highest BCUT2D eigenvalue weighted by Crippen LogP contribution is 2.31. The molecule has 1 aliphatic heterocycles. The van der Waals surface area contributed by atoms with Gasteiger partial charge >= 0.3 is 0 Å². The maximum Gasteiger partial charge on any atom is 0.177 e. The second-order valence-electron chi connectivity index (χ2n) is 6.41. The monoisotopic (exact) mass is 345 g/mol. The van der Waals surface area contributed by atoms with Crippen molar-refractivity contribution in [2.75, 3.05) is 18.1 Å². The first kappa shape index (κ1) is 16.3. The summed E-state index contributed by atoms with van der Waals surface area (Å²) in [5.41, 5.74) is 4.81. The summed E-state index contributed by atoms with van der Waals surface area (Å²) in [4.78, 5) is 2.20. The standard InChI is InChI=1S/C20H19N5O/c1-15-5-7-18(8-6-15)25-9-10-26-20(25)19-14-24(23-22-19)13-17-4-2-3-16(11-17)12-21/h2-8,11,14,20H,9-10,13H2,1H3/t20-/m1/s1. The molecule has 130 valence electrons. The molecule has 6 nitrogen and oxygen atoms in total. The van der Waals surface area contributed by atoms with Crippen LogP contribution in [0.2, 0.25) is 0 Å². The highest BCUT2D eigenvalue weighted by Gasteiger charge is 2.29. The van der Waals surface area contributed by atoms with Crippen molar-refractivity contribution in [3.05, 3.63) is 77.1 Å². The van der Waals surface area contributed by atoms with Gasteiger partial charge in [0.25, 0.3) is 0 Å². The van der Waals surface area contributed by atoms with E-state index in [0.29, 0.717) is 18.7 Å². The molecule has 3 aromatic rings. The van der Waals surface area contributed by atoms with E-state index in [4.69, 9.17) is 10.00 Å². The summed E-state index contributed by atoms with van der Waals surface area (Å²) in [6.45, 7) is 4.13. The first-order chi connectivity index (χ1) is 12.7. The van der Waals surface area contributed by atoms with Gasteiger partial charge in [0.15, 0.2) is 6.23 Å². The molecular weight excluding hydrogens is 326 g/mol.